The Bertz CT molecular complexity index is 54.2. The van der Waals surface area contributed by atoms with Gasteiger partial charge in [0.2, 0.25) is 0 Å². The zero-order valence-electron chi connectivity index (χ0n) is 3.23. The van der Waals surface area contributed by atoms with Crippen LogP contribution in [0.15, 0.2) is 0 Å². The predicted molar refractivity (Wildman–Crippen MR) is 9.54 cm³/mol. The molecule has 5 nitrogen and oxygen atoms in total. The summed E-state index contributed by atoms with van der Waals surface area (Å²) < 4.78 is 8.55. The molecule has 0 heterocycles. The minimum Gasteiger partial charge on any atom is -0.870 e. The maximum absolute atomic E-state index is 8.55. The minimum absolute atomic E-state index is 0. The summed E-state index contributed by atoms with van der Waals surface area (Å²) in [5.41, 5.74) is 0. The van der Waals surface area contributed by atoms with E-state index in [0.717, 1.165) is 0 Å². The smallest absolute Gasteiger partial charge is 0 e. The predicted octanol–water partition coefficient (Wildman–Crippen LogP) is -3.00. The van der Waals surface area contributed by atoms with Crippen molar-refractivity contribution in [3.05, 3.63) is 0 Å². The molecule has 0 atom stereocenters. The molecule has 0 saturated heterocycles. The van der Waals surface area contributed by atoms with Gasteiger partial charge in [-0.1, -0.05) is 0 Å². The SMILES string of the molecule is O=P([O-])([O-])[O-].[OH-].[Zn]. The summed E-state index contributed by atoms with van der Waals surface area (Å²) in [6.45, 7) is 0. The molecule has 42 valence electrons. The van der Waals surface area contributed by atoms with Crippen LogP contribution in [-0.4, -0.2) is 5.48 Å². The third-order valence-corrected chi connectivity index (χ3v) is 0. The van der Waals surface area contributed by atoms with E-state index >= 15 is 0 Å². The van der Waals surface area contributed by atoms with Gasteiger partial charge in [-0.15, -0.1) is 0 Å². The van der Waals surface area contributed by atoms with Crippen molar-refractivity contribution in [2.45, 2.75) is 0 Å². The first-order valence-electron chi connectivity index (χ1n) is 0.730. The normalized spacial score (nSPS) is 8.43. The Morgan fingerprint density at radius 2 is 1.14 bits per heavy atom. The standard InChI is InChI=1S/H3O4P.H2O.Zn/c1-5(2,3)4;;/h(H3,1,2,3,4);1H2;/p-4. The Morgan fingerprint density at radius 3 is 1.14 bits per heavy atom. The van der Waals surface area contributed by atoms with Crippen LogP contribution in [-0.2, 0) is 24.0 Å². The van der Waals surface area contributed by atoms with Gasteiger partial charge in [0.25, 0.3) is 0 Å². The van der Waals surface area contributed by atoms with Gasteiger partial charge in [0.05, 0.1) is 0 Å². The maximum atomic E-state index is 8.55. The van der Waals surface area contributed by atoms with E-state index in [0.29, 0.717) is 0 Å². The number of phosphoric acid groups is 1. The topological polar surface area (TPSA) is 116 Å². The minimum atomic E-state index is -5.39. The van der Waals surface area contributed by atoms with Gasteiger partial charge in [0.1, 0.15) is 0 Å². The van der Waals surface area contributed by atoms with Crippen molar-refractivity contribution >= 4 is 7.82 Å². The molecular weight excluding hydrogens is 176 g/mol. The molecule has 0 aliphatic heterocycles. The summed E-state index contributed by atoms with van der Waals surface area (Å²) in [7, 11) is -5.39. The van der Waals surface area contributed by atoms with Crippen molar-refractivity contribution in [1.29, 1.82) is 0 Å². The average Bonchev–Trinajstić information content (AvgIpc) is 0.722. The fourth-order valence-corrected chi connectivity index (χ4v) is 0. The molecule has 0 aromatic heterocycles. The Morgan fingerprint density at radius 1 is 1.14 bits per heavy atom. The van der Waals surface area contributed by atoms with Crippen LogP contribution in [0.2, 0.25) is 0 Å². The van der Waals surface area contributed by atoms with E-state index in [2.05, 4.69) is 0 Å². The Balaban J connectivity index is -0.0000000800. The van der Waals surface area contributed by atoms with Gasteiger partial charge >= 0.3 is 0 Å². The van der Waals surface area contributed by atoms with Crippen molar-refractivity contribution < 1.29 is 44.2 Å². The van der Waals surface area contributed by atoms with Gasteiger partial charge in [0, 0.05) is 19.5 Å². The third kappa shape index (κ3) is 307. The van der Waals surface area contributed by atoms with Crippen molar-refractivity contribution in [3.8, 4) is 0 Å². The summed E-state index contributed by atoms with van der Waals surface area (Å²) in [5, 5.41) is 0. The molecule has 0 amide bonds. The van der Waals surface area contributed by atoms with Crippen LogP contribution >= 0.6 is 7.82 Å². The molecule has 0 aliphatic carbocycles. The van der Waals surface area contributed by atoms with Crippen molar-refractivity contribution in [3.63, 3.8) is 0 Å². The van der Waals surface area contributed by atoms with E-state index in [4.69, 9.17) is 19.2 Å². The van der Waals surface area contributed by atoms with E-state index in [1.54, 1.807) is 0 Å². The molecule has 0 radical (unpaired) electrons. The molecule has 0 spiro atoms. The van der Waals surface area contributed by atoms with Gasteiger partial charge in [-0.2, -0.15) is 7.82 Å². The second kappa shape index (κ2) is 4.84. The molecule has 0 unspecified atom stereocenters. The van der Waals surface area contributed by atoms with E-state index < -0.39 is 7.82 Å². The van der Waals surface area contributed by atoms with Gasteiger partial charge in [0.15, 0.2) is 0 Å². The number of hydrogen-bond donors (Lipinski definition) is 0. The molecule has 0 rings (SSSR count). The summed E-state index contributed by atoms with van der Waals surface area (Å²) in [5.74, 6) is 0. The van der Waals surface area contributed by atoms with E-state index in [1.165, 1.54) is 0 Å². The van der Waals surface area contributed by atoms with Crippen molar-refractivity contribution in [2.75, 3.05) is 0 Å². The Hall–Kier alpha value is 0.693. The van der Waals surface area contributed by atoms with Crippen LogP contribution in [0.25, 0.3) is 0 Å². The molecule has 0 bridgehead atoms. The third-order valence-electron chi connectivity index (χ3n) is 0. The van der Waals surface area contributed by atoms with Crippen LogP contribution in [0.4, 0.5) is 0 Å². The average molecular weight is 177 g/mol. The fourth-order valence-electron chi connectivity index (χ4n) is 0. The molecule has 0 aromatic carbocycles. The summed E-state index contributed by atoms with van der Waals surface area (Å²) >= 11 is 0. The monoisotopic (exact) mass is 176 g/mol. The van der Waals surface area contributed by atoms with Crippen LogP contribution in [0.5, 0.6) is 0 Å². The molecule has 0 saturated carbocycles. The summed E-state index contributed by atoms with van der Waals surface area (Å²) in [6.07, 6.45) is 0. The second-order valence-electron chi connectivity index (χ2n) is 0.447. The van der Waals surface area contributed by atoms with Crippen LogP contribution < -0.4 is 14.7 Å². The molecule has 7 heavy (non-hydrogen) atoms. The summed E-state index contributed by atoms with van der Waals surface area (Å²) in [4.78, 5) is 25.6. The van der Waals surface area contributed by atoms with Crippen LogP contribution in [0, 0.1) is 0 Å². The molecule has 0 aromatic rings. The molecule has 7 heteroatoms. The zero-order valence-corrected chi connectivity index (χ0v) is 7.10. The Labute approximate surface area is 52.7 Å². The van der Waals surface area contributed by atoms with Gasteiger partial charge in [-0.05, 0) is 0 Å². The number of rotatable bonds is 0. The molecule has 1 N–H and O–H groups in total. The first-order valence-corrected chi connectivity index (χ1v) is 2.19. The van der Waals surface area contributed by atoms with Gasteiger partial charge in [-0.3, -0.25) is 0 Å². The first-order chi connectivity index (χ1) is 2.00. The van der Waals surface area contributed by atoms with Crippen molar-refractivity contribution in [1.82, 2.24) is 0 Å². The van der Waals surface area contributed by atoms with Crippen molar-refractivity contribution in [2.24, 2.45) is 0 Å². The van der Waals surface area contributed by atoms with Crippen LogP contribution in [0.1, 0.15) is 0 Å². The quantitative estimate of drug-likeness (QED) is 0.289. The van der Waals surface area contributed by atoms with E-state index in [1.807, 2.05) is 0 Å². The molecule has 0 aliphatic rings. The second-order valence-corrected chi connectivity index (χ2v) is 1.34. The van der Waals surface area contributed by atoms with Crippen LogP contribution in [0.3, 0.4) is 0 Å². The first kappa shape index (κ1) is 15.6. The molecule has 0 fully saturated rings. The maximum Gasteiger partial charge on any atom is 0 e. The summed E-state index contributed by atoms with van der Waals surface area (Å²) in [6, 6.07) is 0. The van der Waals surface area contributed by atoms with E-state index in [-0.39, 0.29) is 25.0 Å². The Kier molecular flexibility index (Phi) is 10.8. The zero-order chi connectivity index (χ0) is 4.50. The molecular formula is HO5PZn-4. The van der Waals surface area contributed by atoms with Gasteiger partial charge in [-0.25, -0.2) is 0 Å². The van der Waals surface area contributed by atoms with E-state index in [9.17, 15) is 0 Å². The number of hydrogen-bond acceptors (Lipinski definition) is 5. The fraction of sp³-hybridized carbons (Fsp3) is 0. The largest absolute Gasteiger partial charge is 0.870 e. The van der Waals surface area contributed by atoms with Gasteiger partial charge < -0.3 is 24.7 Å².